The van der Waals surface area contributed by atoms with Gasteiger partial charge in [-0.1, -0.05) is 0 Å². The second-order valence-corrected chi connectivity index (χ2v) is 10.1. The molecule has 0 aliphatic carbocycles. The van der Waals surface area contributed by atoms with Crippen molar-refractivity contribution < 1.29 is 8.42 Å². The lowest BCUT2D eigenvalue weighted by Gasteiger charge is -2.38. The molecule has 0 amide bonds. The van der Waals surface area contributed by atoms with Crippen LogP contribution < -0.4 is 5.73 Å². The molecule has 1 fully saturated rings. The van der Waals surface area contributed by atoms with Crippen molar-refractivity contribution in [3.8, 4) is 0 Å². The fourth-order valence-corrected chi connectivity index (χ4v) is 7.51. The number of nitrogens with zero attached hydrogens (tertiary/aromatic N) is 2. The quantitative estimate of drug-likeness (QED) is 0.786. The van der Waals surface area contributed by atoms with Crippen molar-refractivity contribution in [2.24, 2.45) is 5.73 Å². The smallest absolute Gasteiger partial charge is 0.245 e. The van der Waals surface area contributed by atoms with Crippen molar-refractivity contribution >= 4 is 53.2 Å². The van der Waals surface area contributed by atoms with Crippen molar-refractivity contribution in [1.82, 2.24) is 9.21 Å². The van der Waals surface area contributed by atoms with E-state index in [1.165, 1.54) is 15.6 Å². The molecule has 19 heavy (non-hydrogen) atoms. The van der Waals surface area contributed by atoms with Crippen LogP contribution in [0.2, 0.25) is 0 Å². The van der Waals surface area contributed by atoms with E-state index in [-0.39, 0.29) is 6.04 Å². The zero-order valence-electron chi connectivity index (χ0n) is 10.3. The maximum atomic E-state index is 12.7. The van der Waals surface area contributed by atoms with Crippen LogP contribution in [0, 0.1) is 0 Å². The van der Waals surface area contributed by atoms with Crippen LogP contribution in [0.5, 0.6) is 0 Å². The van der Waals surface area contributed by atoms with E-state index in [0.29, 0.717) is 28.3 Å². The molecule has 1 aliphatic rings. The number of hydrogen-bond donors (Lipinski definition) is 1. The maximum absolute atomic E-state index is 12.7. The van der Waals surface area contributed by atoms with Gasteiger partial charge in [-0.2, -0.15) is 4.31 Å². The summed E-state index contributed by atoms with van der Waals surface area (Å²) in [6.45, 7) is 2.18. The van der Waals surface area contributed by atoms with Gasteiger partial charge in [0.05, 0.1) is 13.6 Å². The van der Waals surface area contributed by atoms with Crippen molar-refractivity contribution in [3.05, 3.63) is 13.6 Å². The Kier molecular flexibility index (Phi) is 5.08. The number of piperazine rings is 1. The van der Waals surface area contributed by atoms with Gasteiger partial charge in [-0.3, -0.25) is 0 Å². The van der Waals surface area contributed by atoms with Gasteiger partial charge in [0, 0.05) is 26.2 Å². The predicted octanol–water partition coefficient (Wildman–Crippen LogP) is 1.54. The Morgan fingerprint density at radius 2 is 2.16 bits per heavy atom. The van der Waals surface area contributed by atoms with Crippen LogP contribution in [-0.4, -0.2) is 56.9 Å². The first kappa shape index (κ1) is 15.9. The highest BCUT2D eigenvalue weighted by molar-refractivity contribution is 9.12. The Hall–Kier alpha value is 0.490. The van der Waals surface area contributed by atoms with Gasteiger partial charge in [-0.05, 0) is 45.0 Å². The standard InChI is InChI=1S/C10H15Br2N3O2S2/c1-14-2-3-15(7(5-13)6-14)19(16,17)8-4-9(11)18-10(8)12/h4,7H,2-3,5-6,13H2,1H3. The highest BCUT2D eigenvalue weighted by atomic mass is 79.9. The minimum absolute atomic E-state index is 0.172. The molecule has 1 aromatic heterocycles. The Bertz CT molecular complexity index is 561. The number of likely N-dealkylation sites (N-methyl/N-ethyl adjacent to an activating group) is 1. The van der Waals surface area contributed by atoms with Crippen molar-refractivity contribution in [3.63, 3.8) is 0 Å². The molecule has 1 aromatic rings. The summed E-state index contributed by atoms with van der Waals surface area (Å²) in [6, 6.07) is 1.46. The Morgan fingerprint density at radius 3 is 2.68 bits per heavy atom. The average molecular weight is 433 g/mol. The molecule has 2 rings (SSSR count). The number of hydrogen-bond acceptors (Lipinski definition) is 5. The molecular weight excluding hydrogens is 418 g/mol. The average Bonchev–Trinajstić information content (AvgIpc) is 2.68. The molecule has 9 heteroatoms. The first-order valence-corrected chi connectivity index (χ1v) is 9.55. The third kappa shape index (κ3) is 3.22. The predicted molar refractivity (Wildman–Crippen MR) is 84.0 cm³/mol. The lowest BCUT2D eigenvalue weighted by atomic mass is 10.2. The maximum Gasteiger partial charge on any atom is 0.245 e. The van der Waals surface area contributed by atoms with E-state index in [4.69, 9.17) is 5.73 Å². The summed E-state index contributed by atoms with van der Waals surface area (Å²) in [6.07, 6.45) is 0. The second-order valence-electron chi connectivity index (χ2n) is 4.46. The van der Waals surface area contributed by atoms with Gasteiger partial charge >= 0.3 is 0 Å². The first-order chi connectivity index (χ1) is 8.86. The zero-order chi connectivity index (χ0) is 14.2. The number of sulfonamides is 1. The molecule has 5 nitrogen and oxygen atoms in total. The lowest BCUT2D eigenvalue weighted by Crippen LogP contribution is -2.56. The zero-order valence-corrected chi connectivity index (χ0v) is 15.1. The summed E-state index contributed by atoms with van der Waals surface area (Å²) < 4.78 is 28.3. The second kappa shape index (κ2) is 6.08. The topological polar surface area (TPSA) is 66.6 Å². The van der Waals surface area contributed by atoms with E-state index in [2.05, 4.69) is 36.8 Å². The Morgan fingerprint density at radius 1 is 1.47 bits per heavy atom. The Labute approximate surface area is 134 Å². The summed E-state index contributed by atoms with van der Waals surface area (Å²) in [5, 5.41) is 0. The third-order valence-corrected chi connectivity index (χ3v) is 7.82. The molecule has 1 unspecified atom stereocenters. The number of rotatable bonds is 3. The van der Waals surface area contributed by atoms with E-state index >= 15 is 0 Å². The third-order valence-electron chi connectivity index (χ3n) is 3.12. The van der Waals surface area contributed by atoms with Crippen LogP contribution in [0.25, 0.3) is 0 Å². The van der Waals surface area contributed by atoms with Crippen molar-refractivity contribution in [2.75, 3.05) is 33.2 Å². The number of halogens is 2. The van der Waals surface area contributed by atoms with Crippen LogP contribution in [0.4, 0.5) is 0 Å². The van der Waals surface area contributed by atoms with E-state index in [1.807, 2.05) is 7.05 Å². The lowest BCUT2D eigenvalue weighted by molar-refractivity contribution is 0.164. The fraction of sp³-hybridized carbons (Fsp3) is 0.600. The van der Waals surface area contributed by atoms with E-state index < -0.39 is 10.0 Å². The monoisotopic (exact) mass is 431 g/mol. The number of thiophene rings is 1. The first-order valence-electron chi connectivity index (χ1n) is 5.71. The summed E-state index contributed by atoms with van der Waals surface area (Å²) in [5.41, 5.74) is 5.72. The highest BCUT2D eigenvalue weighted by Gasteiger charge is 2.36. The molecule has 108 valence electrons. The minimum Gasteiger partial charge on any atom is -0.329 e. The molecule has 0 bridgehead atoms. The molecule has 0 aromatic carbocycles. The number of nitrogens with two attached hydrogens (primary N) is 1. The van der Waals surface area contributed by atoms with E-state index in [1.54, 1.807) is 6.07 Å². The van der Waals surface area contributed by atoms with Gasteiger partial charge in [0.25, 0.3) is 0 Å². The summed E-state index contributed by atoms with van der Waals surface area (Å²) in [5.74, 6) is 0. The molecule has 2 heterocycles. The van der Waals surface area contributed by atoms with Gasteiger partial charge in [-0.25, -0.2) is 8.42 Å². The summed E-state index contributed by atoms with van der Waals surface area (Å²) in [4.78, 5) is 2.41. The van der Waals surface area contributed by atoms with Crippen LogP contribution in [0.15, 0.2) is 18.5 Å². The van der Waals surface area contributed by atoms with E-state index in [0.717, 1.165) is 10.3 Å². The molecule has 1 saturated heterocycles. The van der Waals surface area contributed by atoms with Gasteiger partial charge < -0.3 is 10.6 Å². The van der Waals surface area contributed by atoms with Crippen molar-refractivity contribution in [2.45, 2.75) is 10.9 Å². The molecule has 2 N–H and O–H groups in total. The molecular formula is C10H15Br2N3O2S2. The molecule has 1 atom stereocenters. The molecule has 0 spiro atoms. The minimum atomic E-state index is -3.50. The van der Waals surface area contributed by atoms with Crippen LogP contribution in [-0.2, 0) is 10.0 Å². The van der Waals surface area contributed by atoms with Gasteiger partial charge in [-0.15, -0.1) is 11.3 Å². The van der Waals surface area contributed by atoms with E-state index in [9.17, 15) is 8.42 Å². The fourth-order valence-electron chi connectivity index (χ4n) is 2.13. The SMILES string of the molecule is CN1CCN(S(=O)(=O)c2cc(Br)sc2Br)C(CN)C1. The molecule has 0 saturated carbocycles. The van der Waals surface area contributed by atoms with Crippen LogP contribution >= 0.6 is 43.2 Å². The van der Waals surface area contributed by atoms with Gasteiger partial charge in [0.2, 0.25) is 10.0 Å². The van der Waals surface area contributed by atoms with Crippen LogP contribution in [0.3, 0.4) is 0 Å². The highest BCUT2D eigenvalue weighted by Crippen LogP contribution is 2.37. The summed E-state index contributed by atoms with van der Waals surface area (Å²) >= 11 is 7.98. The van der Waals surface area contributed by atoms with Crippen LogP contribution in [0.1, 0.15) is 0 Å². The normalized spacial score (nSPS) is 22.8. The molecule has 0 radical (unpaired) electrons. The Balaban J connectivity index is 2.36. The largest absolute Gasteiger partial charge is 0.329 e. The van der Waals surface area contributed by atoms with Gasteiger partial charge in [0.1, 0.15) is 4.90 Å². The van der Waals surface area contributed by atoms with Crippen molar-refractivity contribution in [1.29, 1.82) is 0 Å². The summed E-state index contributed by atoms with van der Waals surface area (Å²) in [7, 11) is -1.52. The molecule has 1 aliphatic heterocycles. The van der Waals surface area contributed by atoms with Gasteiger partial charge in [0.15, 0.2) is 0 Å².